The van der Waals surface area contributed by atoms with E-state index < -0.39 is 10.0 Å². The number of nitrogens with zero attached hydrogens (tertiary/aromatic N) is 1. The average Bonchev–Trinajstić information content (AvgIpc) is 2.79. The van der Waals surface area contributed by atoms with Gasteiger partial charge >= 0.3 is 0 Å². The fraction of sp³-hybridized carbons (Fsp3) is 0.185. The number of benzene rings is 4. The van der Waals surface area contributed by atoms with E-state index in [0.29, 0.717) is 19.0 Å². The first kappa shape index (κ1) is 22.1. The molecule has 0 aliphatic carbocycles. The summed E-state index contributed by atoms with van der Waals surface area (Å²) in [5, 5.41) is 7.78. The van der Waals surface area contributed by atoms with Crippen molar-refractivity contribution in [2.45, 2.75) is 37.8 Å². The topological polar surface area (TPSA) is 63.4 Å². The van der Waals surface area contributed by atoms with Crippen LogP contribution in [0.4, 0.5) is 5.69 Å². The van der Waals surface area contributed by atoms with Crippen molar-refractivity contribution in [2.75, 3.05) is 4.90 Å². The van der Waals surface area contributed by atoms with Crippen molar-refractivity contribution in [3.8, 4) is 0 Å². The van der Waals surface area contributed by atoms with Gasteiger partial charge in [0.1, 0.15) is 0 Å². The van der Waals surface area contributed by atoms with Crippen LogP contribution in [0.1, 0.15) is 36.5 Å². The molecule has 0 saturated heterocycles. The summed E-state index contributed by atoms with van der Waals surface area (Å²) in [7, 11) is -3.78. The Morgan fingerprint density at radius 3 is 2.22 bits per heavy atom. The molecule has 0 amide bonds. The first-order valence-electron chi connectivity index (χ1n) is 10.7. The van der Waals surface area contributed by atoms with E-state index in [1.54, 1.807) is 12.1 Å². The summed E-state index contributed by atoms with van der Waals surface area (Å²) < 4.78 is 23.9. The van der Waals surface area contributed by atoms with Crippen LogP contribution in [-0.4, -0.2) is 8.42 Å². The maximum absolute atomic E-state index is 12.0. The van der Waals surface area contributed by atoms with Gasteiger partial charge in [-0.25, -0.2) is 13.6 Å². The van der Waals surface area contributed by atoms with Crippen LogP contribution in [-0.2, 0) is 23.1 Å². The molecule has 0 aliphatic heterocycles. The van der Waals surface area contributed by atoms with Crippen LogP contribution in [0, 0.1) is 0 Å². The van der Waals surface area contributed by atoms with Gasteiger partial charge in [-0.05, 0) is 51.6 Å². The van der Waals surface area contributed by atoms with Crippen LogP contribution >= 0.6 is 0 Å². The second-order valence-electron chi connectivity index (χ2n) is 8.43. The van der Waals surface area contributed by atoms with Crippen LogP contribution in [0.25, 0.3) is 10.8 Å². The lowest BCUT2D eigenvalue weighted by atomic mass is 10.0. The number of hydrogen-bond donors (Lipinski definition) is 1. The Hall–Kier alpha value is -3.15. The SMILES string of the molecule is CC(C)c1ccc(CN(Cc2cccc3ccccc23)c2cccc(S(N)(=O)=O)c2)cc1. The highest BCUT2D eigenvalue weighted by Gasteiger charge is 2.15. The maximum Gasteiger partial charge on any atom is 0.238 e. The third-order valence-electron chi connectivity index (χ3n) is 5.77. The van der Waals surface area contributed by atoms with Gasteiger partial charge in [-0.2, -0.15) is 0 Å². The summed E-state index contributed by atoms with van der Waals surface area (Å²) in [5.41, 5.74) is 4.46. The first-order chi connectivity index (χ1) is 15.3. The van der Waals surface area contributed by atoms with Gasteiger partial charge in [0.2, 0.25) is 10.0 Å². The molecule has 4 nitrogen and oxygen atoms in total. The minimum atomic E-state index is -3.78. The molecular formula is C27H28N2O2S. The first-order valence-corrected chi connectivity index (χ1v) is 12.3. The molecule has 0 fully saturated rings. The van der Waals surface area contributed by atoms with Crippen molar-refractivity contribution in [3.63, 3.8) is 0 Å². The van der Waals surface area contributed by atoms with Crippen LogP contribution in [0.5, 0.6) is 0 Å². The summed E-state index contributed by atoms with van der Waals surface area (Å²) in [4.78, 5) is 2.31. The molecule has 4 aromatic carbocycles. The van der Waals surface area contributed by atoms with E-state index in [1.807, 2.05) is 18.2 Å². The van der Waals surface area contributed by atoms with Crippen LogP contribution in [0.3, 0.4) is 0 Å². The Labute approximate surface area is 190 Å². The minimum Gasteiger partial charge on any atom is -0.363 e. The van der Waals surface area contributed by atoms with Crippen LogP contribution < -0.4 is 10.0 Å². The molecule has 0 aromatic heterocycles. The molecule has 0 heterocycles. The number of nitrogens with two attached hydrogens (primary N) is 1. The summed E-state index contributed by atoms with van der Waals surface area (Å²) in [6, 6.07) is 30.1. The Morgan fingerprint density at radius 2 is 1.50 bits per heavy atom. The molecule has 4 rings (SSSR count). The van der Waals surface area contributed by atoms with E-state index in [9.17, 15) is 8.42 Å². The predicted octanol–water partition coefficient (Wildman–Crippen LogP) is 5.82. The van der Waals surface area contributed by atoms with Crippen LogP contribution in [0.2, 0.25) is 0 Å². The summed E-state index contributed by atoms with van der Waals surface area (Å²) in [6.45, 7) is 5.65. The highest BCUT2D eigenvalue weighted by Crippen LogP contribution is 2.27. The largest absolute Gasteiger partial charge is 0.363 e. The lowest BCUT2D eigenvalue weighted by Gasteiger charge is -2.26. The number of primary sulfonamides is 1. The standard InChI is InChI=1S/C27H28N2O2S/c1-20(2)22-15-13-21(14-16-22)18-29(25-10-6-11-26(17-25)32(28,30)31)19-24-9-5-8-23-7-3-4-12-27(23)24/h3-17,20H,18-19H2,1-2H3,(H2,28,30,31). The van der Waals surface area contributed by atoms with Gasteiger partial charge in [0.05, 0.1) is 4.90 Å². The van der Waals surface area contributed by atoms with Crippen molar-refractivity contribution < 1.29 is 8.42 Å². The van der Waals surface area contributed by atoms with Crippen molar-refractivity contribution in [3.05, 3.63) is 108 Å². The molecule has 0 saturated carbocycles. The molecule has 2 N–H and O–H groups in total. The van der Waals surface area contributed by atoms with Gasteiger partial charge in [0.15, 0.2) is 0 Å². The number of hydrogen-bond acceptors (Lipinski definition) is 3. The molecule has 4 aromatic rings. The fourth-order valence-electron chi connectivity index (χ4n) is 3.96. The van der Waals surface area contributed by atoms with Crippen molar-refractivity contribution in [1.82, 2.24) is 0 Å². The molecule has 164 valence electrons. The highest BCUT2D eigenvalue weighted by molar-refractivity contribution is 7.89. The zero-order valence-corrected chi connectivity index (χ0v) is 19.2. The Bertz CT molecular complexity index is 1320. The third-order valence-corrected chi connectivity index (χ3v) is 6.68. The average molecular weight is 445 g/mol. The van der Waals surface area contributed by atoms with Crippen LogP contribution in [0.15, 0.2) is 95.9 Å². The van der Waals surface area contributed by atoms with Gasteiger partial charge in [-0.15, -0.1) is 0 Å². The minimum absolute atomic E-state index is 0.119. The lowest BCUT2D eigenvalue weighted by molar-refractivity contribution is 0.597. The molecular weight excluding hydrogens is 416 g/mol. The van der Waals surface area contributed by atoms with E-state index in [1.165, 1.54) is 28.0 Å². The number of anilines is 1. The molecule has 0 atom stereocenters. The van der Waals surface area contributed by atoms with Gasteiger partial charge in [0.25, 0.3) is 0 Å². The fourth-order valence-corrected chi connectivity index (χ4v) is 4.51. The molecule has 32 heavy (non-hydrogen) atoms. The molecule has 0 bridgehead atoms. The number of fused-ring (bicyclic) bond motifs is 1. The quantitative estimate of drug-likeness (QED) is 0.391. The predicted molar refractivity (Wildman–Crippen MR) is 132 cm³/mol. The Morgan fingerprint density at radius 1 is 0.812 bits per heavy atom. The van der Waals surface area contributed by atoms with Crippen molar-refractivity contribution >= 4 is 26.5 Å². The van der Waals surface area contributed by atoms with E-state index in [0.717, 1.165) is 11.3 Å². The van der Waals surface area contributed by atoms with E-state index in [-0.39, 0.29) is 4.90 Å². The van der Waals surface area contributed by atoms with Gasteiger partial charge in [-0.1, -0.05) is 86.6 Å². The third kappa shape index (κ3) is 5.01. The maximum atomic E-state index is 12.0. The molecule has 0 spiro atoms. The molecule has 0 aliphatic rings. The monoisotopic (exact) mass is 444 g/mol. The van der Waals surface area contributed by atoms with Gasteiger partial charge in [0, 0.05) is 18.8 Å². The summed E-state index contributed by atoms with van der Waals surface area (Å²) in [6.07, 6.45) is 0. The second kappa shape index (κ2) is 9.15. The number of sulfonamides is 1. The summed E-state index contributed by atoms with van der Waals surface area (Å²) >= 11 is 0. The Kier molecular flexibility index (Phi) is 6.31. The molecule has 0 unspecified atom stereocenters. The van der Waals surface area contributed by atoms with Gasteiger partial charge < -0.3 is 4.90 Å². The summed E-state index contributed by atoms with van der Waals surface area (Å²) in [5.74, 6) is 0.474. The normalized spacial score (nSPS) is 11.8. The zero-order valence-electron chi connectivity index (χ0n) is 18.4. The van der Waals surface area contributed by atoms with E-state index in [4.69, 9.17) is 5.14 Å². The lowest BCUT2D eigenvalue weighted by Crippen LogP contribution is -2.23. The van der Waals surface area contributed by atoms with E-state index >= 15 is 0 Å². The second-order valence-corrected chi connectivity index (χ2v) is 9.99. The van der Waals surface area contributed by atoms with Gasteiger partial charge in [-0.3, -0.25) is 0 Å². The Balaban J connectivity index is 1.74. The van der Waals surface area contributed by atoms with Crippen molar-refractivity contribution in [1.29, 1.82) is 0 Å². The molecule has 5 heteroatoms. The zero-order chi connectivity index (χ0) is 22.7. The molecule has 0 radical (unpaired) electrons. The smallest absolute Gasteiger partial charge is 0.238 e. The number of rotatable bonds is 7. The van der Waals surface area contributed by atoms with E-state index in [2.05, 4.69) is 73.3 Å². The highest BCUT2D eigenvalue weighted by atomic mass is 32.2. The van der Waals surface area contributed by atoms with Crippen molar-refractivity contribution in [2.24, 2.45) is 5.14 Å².